The highest BCUT2D eigenvalue weighted by atomic mass is 16.5. The van der Waals surface area contributed by atoms with Gasteiger partial charge in [0.05, 0.1) is 33.9 Å². The second-order valence-corrected chi connectivity index (χ2v) is 4.52. The third-order valence-electron chi connectivity index (χ3n) is 3.20. The number of aryl methyl sites for hydroxylation is 2. The topological polar surface area (TPSA) is 56.7 Å². The van der Waals surface area contributed by atoms with E-state index in [2.05, 4.69) is 0 Å². The number of methoxy groups -OCH3 is 1. The molecule has 0 bridgehead atoms. The maximum atomic E-state index is 9.87. The number of imidazole rings is 1. The summed E-state index contributed by atoms with van der Waals surface area (Å²) < 4.78 is 19.3. The molecule has 0 radical (unpaired) electrons. The van der Waals surface area contributed by atoms with Crippen molar-refractivity contribution in [3.8, 4) is 11.8 Å². The standard InChI is InChI=1S/C14H20N2O4/c1-15-12-5-4-11(10-13(12)16(2)14(15)17)20-9-8-19-7-6-18-3/h4-5,10H,6-9H2,1-3H3/p+1. The van der Waals surface area contributed by atoms with Gasteiger partial charge < -0.3 is 19.3 Å². The lowest BCUT2D eigenvalue weighted by molar-refractivity contribution is -0.652. The van der Waals surface area contributed by atoms with Gasteiger partial charge in [-0.2, -0.15) is 9.13 Å². The number of aromatic nitrogens is 2. The number of aromatic hydroxyl groups is 1. The zero-order chi connectivity index (χ0) is 14.5. The van der Waals surface area contributed by atoms with Gasteiger partial charge in [0.25, 0.3) is 0 Å². The number of benzene rings is 1. The van der Waals surface area contributed by atoms with Crippen molar-refractivity contribution in [3.63, 3.8) is 0 Å². The first-order chi connectivity index (χ1) is 9.65. The van der Waals surface area contributed by atoms with Crippen LogP contribution in [0.3, 0.4) is 0 Å². The molecule has 0 aliphatic heterocycles. The van der Waals surface area contributed by atoms with E-state index in [-0.39, 0.29) is 6.01 Å². The summed E-state index contributed by atoms with van der Waals surface area (Å²) in [6, 6.07) is 5.93. The molecule has 0 spiro atoms. The molecule has 1 aromatic carbocycles. The highest BCUT2D eigenvalue weighted by Crippen LogP contribution is 2.21. The zero-order valence-corrected chi connectivity index (χ0v) is 12.1. The molecule has 6 nitrogen and oxygen atoms in total. The average Bonchev–Trinajstić information content (AvgIpc) is 2.67. The van der Waals surface area contributed by atoms with Crippen LogP contribution < -0.4 is 9.30 Å². The predicted molar refractivity (Wildman–Crippen MR) is 73.9 cm³/mol. The first kappa shape index (κ1) is 14.6. The Kier molecular flexibility index (Phi) is 4.81. The SMILES string of the molecule is COCCOCCOc1ccc2c(c1)n(C)c(O)[n+]2C. The van der Waals surface area contributed by atoms with Crippen LogP contribution in [0.5, 0.6) is 11.8 Å². The van der Waals surface area contributed by atoms with E-state index in [4.69, 9.17) is 14.2 Å². The van der Waals surface area contributed by atoms with Gasteiger partial charge in [0.15, 0.2) is 11.0 Å². The summed E-state index contributed by atoms with van der Waals surface area (Å²) in [6.07, 6.45) is 0. The van der Waals surface area contributed by atoms with E-state index in [9.17, 15) is 5.11 Å². The van der Waals surface area contributed by atoms with E-state index in [1.54, 1.807) is 16.2 Å². The lowest BCUT2D eigenvalue weighted by Crippen LogP contribution is -2.26. The first-order valence-corrected chi connectivity index (χ1v) is 6.52. The molecule has 0 aliphatic carbocycles. The summed E-state index contributed by atoms with van der Waals surface area (Å²) in [5, 5.41) is 9.87. The molecule has 0 saturated carbocycles. The minimum atomic E-state index is 0.208. The lowest BCUT2D eigenvalue weighted by Gasteiger charge is -2.06. The van der Waals surface area contributed by atoms with Crippen molar-refractivity contribution in [2.75, 3.05) is 33.5 Å². The summed E-state index contributed by atoms with van der Waals surface area (Å²) >= 11 is 0. The predicted octanol–water partition coefficient (Wildman–Crippen LogP) is 0.750. The Bertz CT molecular complexity index is 580. The molecule has 110 valence electrons. The van der Waals surface area contributed by atoms with Crippen LogP contribution >= 0.6 is 0 Å². The van der Waals surface area contributed by atoms with Crippen molar-refractivity contribution in [2.24, 2.45) is 14.1 Å². The van der Waals surface area contributed by atoms with Gasteiger partial charge in [0, 0.05) is 13.2 Å². The molecule has 0 amide bonds. The maximum Gasteiger partial charge on any atom is 0.454 e. The molecule has 20 heavy (non-hydrogen) atoms. The van der Waals surface area contributed by atoms with E-state index in [1.807, 2.05) is 32.3 Å². The van der Waals surface area contributed by atoms with Gasteiger partial charge >= 0.3 is 6.01 Å². The monoisotopic (exact) mass is 281 g/mol. The van der Waals surface area contributed by atoms with E-state index >= 15 is 0 Å². The molecule has 0 unspecified atom stereocenters. The third kappa shape index (κ3) is 3.02. The summed E-state index contributed by atoms with van der Waals surface area (Å²) in [6.45, 7) is 2.16. The first-order valence-electron chi connectivity index (χ1n) is 6.52. The fourth-order valence-corrected chi connectivity index (χ4v) is 2.05. The summed E-state index contributed by atoms with van der Waals surface area (Å²) in [5.41, 5.74) is 1.87. The molecule has 2 rings (SSSR count). The number of rotatable bonds is 7. The van der Waals surface area contributed by atoms with Crippen molar-refractivity contribution in [1.29, 1.82) is 0 Å². The van der Waals surface area contributed by atoms with Crippen LogP contribution in [-0.2, 0) is 23.6 Å². The van der Waals surface area contributed by atoms with Crippen molar-refractivity contribution in [2.45, 2.75) is 0 Å². The lowest BCUT2D eigenvalue weighted by atomic mass is 10.3. The summed E-state index contributed by atoms with van der Waals surface area (Å²) in [4.78, 5) is 0. The number of fused-ring (bicyclic) bond motifs is 1. The van der Waals surface area contributed by atoms with Crippen LogP contribution in [0.1, 0.15) is 0 Å². The van der Waals surface area contributed by atoms with Crippen molar-refractivity contribution >= 4 is 11.0 Å². The quantitative estimate of drug-likeness (QED) is 0.601. The minimum absolute atomic E-state index is 0.208. The smallest absolute Gasteiger partial charge is 0.454 e. The molecule has 1 heterocycles. The van der Waals surface area contributed by atoms with Gasteiger partial charge in [-0.05, 0) is 12.1 Å². The number of hydrogen-bond acceptors (Lipinski definition) is 4. The van der Waals surface area contributed by atoms with Gasteiger partial charge in [0.2, 0.25) is 0 Å². The van der Waals surface area contributed by atoms with Gasteiger partial charge in [-0.1, -0.05) is 0 Å². The van der Waals surface area contributed by atoms with E-state index in [0.29, 0.717) is 26.4 Å². The molecule has 0 saturated heterocycles. The largest absolute Gasteiger partial charge is 0.491 e. The van der Waals surface area contributed by atoms with E-state index in [0.717, 1.165) is 16.8 Å². The number of ether oxygens (including phenoxy) is 3. The molecule has 0 aliphatic rings. The molecule has 0 atom stereocenters. The second-order valence-electron chi connectivity index (χ2n) is 4.52. The van der Waals surface area contributed by atoms with Crippen LogP contribution in [0, 0.1) is 0 Å². The van der Waals surface area contributed by atoms with Crippen LogP contribution in [0.25, 0.3) is 11.0 Å². The van der Waals surface area contributed by atoms with Crippen molar-refractivity contribution < 1.29 is 23.9 Å². The second kappa shape index (κ2) is 6.58. The van der Waals surface area contributed by atoms with E-state index in [1.165, 1.54) is 0 Å². The molecule has 2 aromatic rings. The highest BCUT2D eigenvalue weighted by molar-refractivity contribution is 5.74. The van der Waals surface area contributed by atoms with Crippen LogP contribution in [0.2, 0.25) is 0 Å². The average molecular weight is 281 g/mol. The van der Waals surface area contributed by atoms with Crippen LogP contribution in [-0.4, -0.2) is 43.2 Å². The van der Waals surface area contributed by atoms with Gasteiger partial charge in [-0.15, -0.1) is 0 Å². The van der Waals surface area contributed by atoms with E-state index < -0.39 is 0 Å². The van der Waals surface area contributed by atoms with Gasteiger partial charge in [0.1, 0.15) is 12.4 Å². The third-order valence-corrected chi connectivity index (χ3v) is 3.20. The minimum Gasteiger partial charge on any atom is -0.491 e. The Balaban J connectivity index is 1.96. The van der Waals surface area contributed by atoms with Gasteiger partial charge in [-0.3, -0.25) is 0 Å². The number of hydrogen-bond donors (Lipinski definition) is 1. The van der Waals surface area contributed by atoms with Crippen LogP contribution in [0.15, 0.2) is 18.2 Å². The molecule has 6 heteroatoms. The molecule has 0 fully saturated rings. The van der Waals surface area contributed by atoms with Crippen LogP contribution in [0.4, 0.5) is 0 Å². The molecule has 1 N–H and O–H groups in total. The summed E-state index contributed by atoms with van der Waals surface area (Å²) in [5.74, 6) is 0.758. The fraction of sp³-hybridized carbons (Fsp3) is 0.500. The van der Waals surface area contributed by atoms with Gasteiger partial charge in [-0.25, -0.2) is 0 Å². The number of nitrogens with zero attached hydrogens (tertiary/aromatic N) is 2. The molecular weight excluding hydrogens is 260 g/mol. The maximum absolute atomic E-state index is 9.87. The van der Waals surface area contributed by atoms with Crippen molar-refractivity contribution in [3.05, 3.63) is 18.2 Å². The Hall–Kier alpha value is -1.79. The van der Waals surface area contributed by atoms with Crippen molar-refractivity contribution in [1.82, 2.24) is 4.57 Å². The normalized spacial score (nSPS) is 11.2. The Morgan fingerprint density at radius 3 is 2.70 bits per heavy atom. The highest BCUT2D eigenvalue weighted by Gasteiger charge is 2.19. The zero-order valence-electron chi connectivity index (χ0n) is 12.1. The Morgan fingerprint density at radius 1 is 1.20 bits per heavy atom. The molecule has 1 aromatic heterocycles. The Morgan fingerprint density at radius 2 is 1.95 bits per heavy atom. The molecular formula is C14H21N2O4+. The summed E-state index contributed by atoms with van der Waals surface area (Å²) in [7, 11) is 5.28. The fourth-order valence-electron chi connectivity index (χ4n) is 2.05. The Labute approximate surface area is 118 Å².